The molecule has 164 valence electrons. The lowest BCUT2D eigenvalue weighted by molar-refractivity contribution is -0.267. The molecule has 5 aromatic rings. The largest absolute Gasteiger partial charge is 0.872 e. The summed E-state index contributed by atoms with van der Waals surface area (Å²) in [7, 11) is 0. The van der Waals surface area contributed by atoms with Gasteiger partial charge in [-0.05, 0) is 90.0 Å². The van der Waals surface area contributed by atoms with Gasteiger partial charge in [0.1, 0.15) is 0 Å². The van der Waals surface area contributed by atoms with Crippen LogP contribution >= 0.6 is 0 Å². The molecule has 0 unspecified atom stereocenters. The lowest BCUT2D eigenvalue weighted by atomic mass is 9.90. The third-order valence-electron chi connectivity index (χ3n) is 6.98. The standard InChI is InChI=1S/C30H28N2O/c1-18-19(2)22(5)32(21(18)4)31-20(3)25-15-10-16-28(30(25)33)29-26-13-8-6-11-23(26)17-24-12-7-9-14-27(24)29/h6-17,33H,1-5H3/p-1/b31-20+. The Balaban J connectivity index is 1.76. The zero-order valence-electron chi connectivity index (χ0n) is 19.7. The van der Waals surface area contributed by atoms with E-state index in [2.05, 4.69) is 58.0 Å². The van der Waals surface area contributed by atoms with Crippen LogP contribution in [0, 0.1) is 27.7 Å². The van der Waals surface area contributed by atoms with Gasteiger partial charge in [-0.1, -0.05) is 72.5 Å². The Bertz CT molecular complexity index is 1490. The van der Waals surface area contributed by atoms with Crippen LogP contribution in [0.25, 0.3) is 32.7 Å². The van der Waals surface area contributed by atoms with Gasteiger partial charge in [0.15, 0.2) is 0 Å². The molecular weight excluding hydrogens is 404 g/mol. The van der Waals surface area contributed by atoms with Gasteiger partial charge in [0.25, 0.3) is 0 Å². The third kappa shape index (κ3) is 3.32. The van der Waals surface area contributed by atoms with Gasteiger partial charge in [-0.2, -0.15) is 5.10 Å². The third-order valence-corrected chi connectivity index (χ3v) is 6.98. The van der Waals surface area contributed by atoms with Crippen molar-refractivity contribution in [2.75, 3.05) is 0 Å². The van der Waals surface area contributed by atoms with Crippen molar-refractivity contribution in [1.82, 2.24) is 4.68 Å². The summed E-state index contributed by atoms with van der Waals surface area (Å²) in [5.74, 6) is 0.0103. The van der Waals surface area contributed by atoms with Crippen LogP contribution in [0.1, 0.15) is 35.0 Å². The van der Waals surface area contributed by atoms with Crippen LogP contribution in [0.5, 0.6) is 5.75 Å². The maximum absolute atomic E-state index is 13.8. The van der Waals surface area contributed by atoms with Gasteiger partial charge in [-0.25, -0.2) is 4.68 Å². The molecule has 0 aliphatic carbocycles. The molecule has 0 aliphatic rings. The second kappa shape index (κ2) is 7.93. The zero-order chi connectivity index (χ0) is 23.3. The molecule has 4 aromatic carbocycles. The Morgan fingerprint density at radius 3 is 1.85 bits per heavy atom. The SMILES string of the molecule is C/C(=N\n1c(C)c(C)c(C)c1C)c1cccc(-c2c3ccccc3cc3ccccc23)c1[O-]. The number of aromatic nitrogens is 1. The van der Waals surface area contributed by atoms with Gasteiger partial charge < -0.3 is 5.11 Å². The Kier molecular flexibility index (Phi) is 5.05. The van der Waals surface area contributed by atoms with E-state index in [9.17, 15) is 5.11 Å². The summed E-state index contributed by atoms with van der Waals surface area (Å²) in [6.45, 7) is 10.3. The van der Waals surface area contributed by atoms with Gasteiger partial charge in [-0.3, -0.25) is 0 Å². The van der Waals surface area contributed by atoms with E-state index in [0.29, 0.717) is 16.8 Å². The van der Waals surface area contributed by atoms with Gasteiger partial charge in [0, 0.05) is 11.4 Å². The van der Waals surface area contributed by atoms with E-state index in [1.54, 1.807) is 0 Å². The number of nitrogens with zero attached hydrogens (tertiary/aromatic N) is 2. The van der Waals surface area contributed by atoms with Crippen LogP contribution < -0.4 is 5.11 Å². The van der Waals surface area contributed by atoms with E-state index >= 15 is 0 Å². The van der Waals surface area contributed by atoms with Crippen molar-refractivity contribution in [2.24, 2.45) is 5.10 Å². The van der Waals surface area contributed by atoms with Crippen LogP contribution in [0.2, 0.25) is 0 Å². The topological polar surface area (TPSA) is 40.3 Å². The predicted octanol–water partition coefficient (Wildman–Crippen LogP) is 7.04. The van der Waals surface area contributed by atoms with E-state index in [1.807, 2.05) is 54.1 Å². The molecule has 0 spiro atoms. The summed E-state index contributed by atoms with van der Waals surface area (Å²) < 4.78 is 1.96. The first-order valence-electron chi connectivity index (χ1n) is 11.3. The minimum atomic E-state index is 0.0103. The quantitative estimate of drug-likeness (QED) is 0.223. The monoisotopic (exact) mass is 431 g/mol. The Morgan fingerprint density at radius 1 is 0.727 bits per heavy atom. The van der Waals surface area contributed by atoms with Crippen molar-refractivity contribution in [3.8, 4) is 16.9 Å². The highest BCUT2D eigenvalue weighted by atomic mass is 16.3. The van der Waals surface area contributed by atoms with E-state index in [-0.39, 0.29) is 5.75 Å². The first-order valence-corrected chi connectivity index (χ1v) is 11.3. The molecule has 0 N–H and O–H groups in total. The number of rotatable bonds is 3. The van der Waals surface area contributed by atoms with Crippen molar-refractivity contribution in [2.45, 2.75) is 34.6 Å². The maximum Gasteiger partial charge on any atom is 0.0649 e. The highest BCUT2D eigenvalue weighted by molar-refractivity contribution is 6.14. The highest BCUT2D eigenvalue weighted by Crippen LogP contribution is 2.40. The molecular formula is C30H27N2O-. The molecule has 1 aromatic heterocycles. The summed E-state index contributed by atoms with van der Waals surface area (Å²) >= 11 is 0. The van der Waals surface area contributed by atoms with E-state index in [0.717, 1.165) is 38.5 Å². The molecule has 5 rings (SSSR count). The molecule has 0 saturated heterocycles. The summed E-state index contributed by atoms with van der Waals surface area (Å²) in [4.78, 5) is 0. The van der Waals surface area contributed by atoms with Crippen molar-refractivity contribution in [3.63, 3.8) is 0 Å². The van der Waals surface area contributed by atoms with Crippen LogP contribution in [-0.4, -0.2) is 10.4 Å². The number of benzene rings is 4. The lowest BCUT2D eigenvalue weighted by Crippen LogP contribution is -2.07. The summed E-state index contributed by atoms with van der Waals surface area (Å²) in [5, 5.41) is 23.1. The molecule has 0 bridgehead atoms. The molecule has 3 heteroatoms. The Morgan fingerprint density at radius 2 is 1.27 bits per heavy atom. The summed E-state index contributed by atoms with van der Waals surface area (Å²) in [5.41, 5.74) is 7.73. The smallest absolute Gasteiger partial charge is 0.0649 e. The second-order valence-electron chi connectivity index (χ2n) is 8.79. The van der Waals surface area contributed by atoms with Crippen LogP contribution in [0.3, 0.4) is 0 Å². The summed E-state index contributed by atoms with van der Waals surface area (Å²) in [6.07, 6.45) is 0. The van der Waals surface area contributed by atoms with Crippen molar-refractivity contribution in [1.29, 1.82) is 0 Å². The fourth-order valence-corrected chi connectivity index (χ4v) is 4.79. The molecule has 0 atom stereocenters. The van der Waals surface area contributed by atoms with Crippen molar-refractivity contribution < 1.29 is 5.11 Å². The van der Waals surface area contributed by atoms with Crippen LogP contribution in [0.4, 0.5) is 0 Å². The lowest BCUT2D eigenvalue weighted by Gasteiger charge is -2.22. The Labute approximate surface area is 194 Å². The minimum Gasteiger partial charge on any atom is -0.872 e. The normalized spacial score (nSPS) is 12.1. The molecule has 33 heavy (non-hydrogen) atoms. The number of hydrogen-bond donors (Lipinski definition) is 0. The second-order valence-corrected chi connectivity index (χ2v) is 8.79. The molecule has 0 amide bonds. The predicted molar refractivity (Wildman–Crippen MR) is 137 cm³/mol. The fraction of sp³-hybridized carbons (Fsp3) is 0.167. The number of para-hydroxylation sites is 1. The number of hydrogen-bond acceptors (Lipinski definition) is 2. The van der Waals surface area contributed by atoms with Gasteiger partial charge in [-0.15, -0.1) is 0 Å². The van der Waals surface area contributed by atoms with Gasteiger partial charge in [0.2, 0.25) is 0 Å². The van der Waals surface area contributed by atoms with E-state index in [4.69, 9.17) is 5.10 Å². The molecule has 0 aliphatic heterocycles. The van der Waals surface area contributed by atoms with Crippen molar-refractivity contribution >= 4 is 27.3 Å². The maximum atomic E-state index is 13.8. The van der Waals surface area contributed by atoms with Crippen molar-refractivity contribution in [3.05, 3.63) is 101 Å². The molecule has 0 saturated carbocycles. The van der Waals surface area contributed by atoms with E-state index < -0.39 is 0 Å². The number of fused-ring (bicyclic) bond motifs is 2. The molecule has 1 heterocycles. The highest BCUT2D eigenvalue weighted by Gasteiger charge is 2.14. The first kappa shape index (κ1) is 21.0. The molecule has 0 fully saturated rings. The van der Waals surface area contributed by atoms with Gasteiger partial charge in [0.05, 0.1) is 5.71 Å². The average Bonchev–Trinajstić information content (AvgIpc) is 3.00. The molecule has 3 nitrogen and oxygen atoms in total. The molecule has 0 radical (unpaired) electrons. The summed E-state index contributed by atoms with van der Waals surface area (Å²) in [6, 6.07) is 24.5. The Hall–Kier alpha value is -3.85. The van der Waals surface area contributed by atoms with Crippen LogP contribution in [-0.2, 0) is 0 Å². The minimum absolute atomic E-state index is 0.0103. The average molecular weight is 432 g/mol. The van der Waals surface area contributed by atoms with Crippen LogP contribution in [0.15, 0.2) is 77.9 Å². The van der Waals surface area contributed by atoms with Gasteiger partial charge >= 0.3 is 0 Å². The van der Waals surface area contributed by atoms with E-state index in [1.165, 1.54) is 11.1 Å². The zero-order valence-corrected chi connectivity index (χ0v) is 19.7. The first-order chi connectivity index (χ1) is 15.9. The fourth-order valence-electron chi connectivity index (χ4n) is 4.79.